The van der Waals surface area contributed by atoms with Crippen molar-refractivity contribution in [3.05, 3.63) is 47.3 Å². The summed E-state index contributed by atoms with van der Waals surface area (Å²) in [5.74, 6) is 1.34. The molecule has 130 valence electrons. The first-order valence-electron chi connectivity index (χ1n) is 9.82. The Hall–Kier alpha value is -1.57. The van der Waals surface area contributed by atoms with Gasteiger partial charge in [0.15, 0.2) is 0 Å². The van der Waals surface area contributed by atoms with Gasteiger partial charge >= 0.3 is 0 Å². The molecule has 0 bridgehead atoms. The molecular formula is C22H32N2. The summed E-state index contributed by atoms with van der Waals surface area (Å²) in [6, 6.07) is 2.30. The summed E-state index contributed by atoms with van der Waals surface area (Å²) in [7, 11) is 0. The summed E-state index contributed by atoms with van der Waals surface area (Å²) >= 11 is 0. The van der Waals surface area contributed by atoms with Crippen LogP contribution in [0.25, 0.3) is 5.57 Å². The first-order chi connectivity index (χ1) is 11.8. The molecule has 0 saturated heterocycles. The van der Waals surface area contributed by atoms with Crippen molar-refractivity contribution in [2.24, 2.45) is 5.92 Å². The van der Waals surface area contributed by atoms with Crippen LogP contribution in [-0.2, 0) is 0 Å². The molecule has 1 aromatic heterocycles. The van der Waals surface area contributed by atoms with Crippen LogP contribution >= 0.6 is 0 Å². The Labute approximate surface area is 147 Å². The Kier molecular flexibility index (Phi) is 6.12. The van der Waals surface area contributed by atoms with Crippen LogP contribution in [0.4, 0.5) is 0 Å². The third-order valence-electron chi connectivity index (χ3n) is 5.79. The van der Waals surface area contributed by atoms with Crippen LogP contribution < -0.4 is 0 Å². The van der Waals surface area contributed by atoms with Crippen LogP contribution in [0.2, 0.25) is 0 Å². The Morgan fingerprint density at radius 2 is 2.25 bits per heavy atom. The fourth-order valence-electron chi connectivity index (χ4n) is 4.07. The van der Waals surface area contributed by atoms with Gasteiger partial charge in [0.1, 0.15) is 0 Å². The average molecular weight is 325 g/mol. The summed E-state index contributed by atoms with van der Waals surface area (Å²) in [6.07, 6.45) is 20.7. The number of aromatic amines is 1. The summed E-state index contributed by atoms with van der Waals surface area (Å²) in [5.41, 5.74) is 5.56. The third kappa shape index (κ3) is 4.28. The number of nitrogens with zero attached hydrogens (tertiary/aromatic N) is 1. The summed E-state index contributed by atoms with van der Waals surface area (Å²) in [6.45, 7) is 4.55. The van der Waals surface area contributed by atoms with Crippen LogP contribution in [-0.4, -0.2) is 10.2 Å². The van der Waals surface area contributed by atoms with E-state index in [1.54, 1.807) is 5.57 Å². The van der Waals surface area contributed by atoms with E-state index in [1.165, 1.54) is 56.2 Å². The first kappa shape index (κ1) is 17.3. The van der Waals surface area contributed by atoms with Gasteiger partial charge in [0, 0.05) is 11.6 Å². The second-order valence-electron chi connectivity index (χ2n) is 7.47. The molecule has 0 amide bonds. The fourth-order valence-corrected chi connectivity index (χ4v) is 4.07. The molecule has 0 spiro atoms. The number of aromatic nitrogens is 2. The Morgan fingerprint density at radius 1 is 1.33 bits per heavy atom. The largest absolute Gasteiger partial charge is 0.282 e. The highest BCUT2D eigenvalue weighted by atomic mass is 15.1. The van der Waals surface area contributed by atoms with Crippen LogP contribution in [0.3, 0.4) is 0 Å². The van der Waals surface area contributed by atoms with Crippen molar-refractivity contribution >= 4 is 5.57 Å². The van der Waals surface area contributed by atoms with Crippen LogP contribution in [0.1, 0.15) is 88.9 Å². The van der Waals surface area contributed by atoms with Crippen molar-refractivity contribution in [1.82, 2.24) is 10.2 Å². The minimum atomic E-state index is 0.626. The predicted molar refractivity (Wildman–Crippen MR) is 103 cm³/mol. The van der Waals surface area contributed by atoms with Crippen LogP contribution in [0.5, 0.6) is 0 Å². The SMILES string of the molecule is C/C=C(\CCC(C)C1=CCCCC1)c1cc(C2CC=CCC2)[nH]n1. The molecule has 0 radical (unpaired) electrons. The second kappa shape index (κ2) is 8.50. The van der Waals surface area contributed by atoms with Gasteiger partial charge in [-0.05, 0) is 82.3 Å². The van der Waals surface area contributed by atoms with E-state index >= 15 is 0 Å². The minimum Gasteiger partial charge on any atom is -0.282 e. The molecule has 0 aliphatic heterocycles. The number of rotatable bonds is 6. The van der Waals surface area contributed by atoms with E-state index in [9.17, 15) is 0 Å². The highest BCUT2D eigenvalue weighted by Gasteiger charge is 2.17. The summed E-state index contributed by atoms with van der Waals surface area (Å²) in [4.78, 5) is 0. The molecule has 0 fully saturated rings. The monoisotopic (exact) mass is 324 g/mol. The maximum Gasteiger partial charge on any atom is 0.0880 e. The van der Waals surface area contributed by atoms with Crippen molar-refractivity contribution in [3.63, 3.8) is 0 Å². The average Bonchev–Trinajstić information content (AvgIpc) is 3.13. The van der Waals surface area contributed by atoms with Crippen molar-refractivity contribution in [3.8, 4) is 0 Å². The molecule has 2 nitrogen and oxygen atoms in total. The maximum atomic E-state index is 4.62. The van der Waals surface area contributed by atoms with Gasteiger partial charge in [-0.1, -0.05) is 36.8 Å². The molecule has 3 rings (SSSR count). The van der Waals surface area contributed by atoms with E-state index in [2.05, 4.69) is 54.4 Å². The van der Waals surface area contributed by atoms with Crippen molar-refractivity contribution in [2.75, 3.05) is 0 Å². The van der Waals surface area contributed by atoms with Crippen molar-refractivity contribution in [1.29, 1.82) is 0 Å². The van der Waals surface area contributed by atoms with E-state index in [-0.39, 0.29) is 0 Å². The fraction of sp³-hybridized carbons (Fsp3) is 0.591. The number of H-pyrrole nitrogens is 1. The smallest absolute Gasteiger partial charge is 0.0880 e. The number of hydrogen-bond acceptors (Lipinski definition) is 1. The molecule has 2 aliphatic rings. The molecule has 0 saturated carbocycles. The zero-order valence-electron chi connectivity index (χ0n) is 15.4. The topological polar surface area (TPSA) is 28.7 Å². The van der Waals surface area contributed by atoms with Gasteiger partial charge in [0.05, 0.1) is 5.69 Å². The van der Waals surface area contributed by atoms with Crippen LogP contribution in [0.15, 0.2) is 35.9 Å². The molecule has 2 heteroatoms. The molecule has 2 aliphatic carbocycles. The summed E-state index contributed by atoms with van der Waals surface area (Å²) in [5, 5.41) is 7.93. The molecule has 2 atom stereocenters. The number of nitrogens with one attached hydrogen (secondary N) is 1. The standard InChI is InChI=1S/C22H32N2/c1-3-18(15-14-17(2)19-10-6-4-7-11-19)21-16-22(24-23-21)20-12-8-5-9-13-20/h3,5,8,10,16-17,20H,4,6-7,9,11-15H2,1-2H3,(H,23,24)/b18-3+. The number of allylic oxidation sites excluding steroid dienone is 6. The summed E-state index contributed by atoms with van der Waals surface area (Å²) < 4.78 is 0. The highest BCUT2D eigenvalue weighted by molar-refractivity contribution is 5.62. The van der Waals surface area contributed by atoms with Gasteiger partial charge < -0.3 is 0 Å². The van der Waals surface area contributed by atoms with Gasteiger partial charge in [0.25, 0.3) is 0 Å². The number of hydrogen-bond donors (Lipinski definition) is 1. The van der Waals surface area contributed by atoms with Gasteiger partial charge in [-0.15, -0.1) is 0 Å². The van der Waals surface area contributed by atoms with Crippen LogP contribution in [0, 0.1) is 5.92 Å². The molecule has 2 unspecified atom stereocenters. The zero-order valence-corrected chi connectivity index (χ0v) is 15.4. The lowest BCUT2D eigenvalue weighted by atomic mass is 9.86. The lowest BCUT2D eigenvalue weighted by Gasteiger charge is -2.20. The Balaban J connectivity index is 1.59. The predicted octanol–water partition coefficient (Wildman–Crippen LogP) is 6.55. The van der Waals surface area contributed by atoms with Gasteiger partial charge in [0.2, 0.25) is 0 Å². The molecular weight excluding hydrogens is 292 g/mol. The highest BCUT2D eigenvalue weighted by Crippen LogP contribution is 2.32. The van der Waals surface area contributed by atoms with Crippen molar-refractivity contribution < 1.29 is 0 Å². The molecule has 1 aromatic rings. The zero-order chi connectivity index (χ0) is 16.8. The minimum absolute atomic E-state index is 0.626. The lowest BCUT2D eigenvalue weighted by Crippen LogP contribution is -2.03. The van der Waals surface area contributed by atoms with Gasteiger partial charge in [-0.2, -0.15) is 5.10 Å². The Bertz CT molecular complexity index is 618. The molecule has 1 heterocycles. The molecule has 24 heavy (non-hydrogen) atoms. The van der Waals surface area contributed by atoms with E-state index in [1.807, 2.05) is 0 Å². The molecule has 1 N–H and O–H groups in total. The van der Waals surface area contributed by atoms with Crippen molar-refractivity contribution in [2.45, 2.75) is 77.6 Å². The lowest BCUT2D eigenvalue weighted by molar-refractivity contribution is 0.558. The van der Waals surface area contributed by atoms with E-state index in [0.717, 1.165) is 18.5 Å². The van der Waals surface area contributed by atoms with E-state index in [4.69, 9.17) is 0 Å². The molecule has 0 aromatic carbocycles. The first-order valence-corrected chi connectivity index (χ1v) is 9.82. The second-order valence-corrected chi connectivity index (χ2v) is 7.47. The van der Waals surface area contributed by atoms with E-state index < -0.39 is 0 Å². The normalized spacial score (nSPS) is 23.2. The maximum absolute atomic E-state index is 4.62. The van der Waals surface area contributed by atoms with Gasteiger partial charge in [-0.3, -0.25) is 5.10 Å². The third-order valence-corrected chi connectivity index (χ3v) is 5.79. The van der Waals surface area contributed by atoms with Gasteiger partial charge in [-0.25, -0.2) is 0 Å². The quantitative estimate of drug-likeness (QED) is 0.590. The Morgan fingerprint density at radius 3 is 2.96 bits per heavy atom. The van der Waals surface area contributed by atoms with E-state index in [0.29, 0.717) is 11.8 Å².